The molecule has 114 valence electrons. The molecule has 3 rings (SSSR count). The molecule has 0 radical (unpaired) electrons. The molecule has 1 aromatic carbocycles. The fraction of sp³-hybridized carbons (Fsp3) is 0.611. The van der Waals surface area contributed by atoms with E-state index in [1.165, 1.54) is 32.1 Å². The van der Waals surface area contributed by atoms with Crippen LogP contribution in [0.3, 0.4) is 0 Å². The van der Waals surface area contributed by atoms with Crippen molar-refractivity contribution in [1.82, 2.24) is 0 Å². The maximum Gasteiger partial charge on any atom is 0.227 e. The van der Waals surface area contributed by atoms with Crippen LogP contribution in [0.1, 0.15) is 51.9 Å². The van der Waals surface area contributed by atoms with E-state index >= 15 is 0 Å². The van der Waals surface area contributed by atoms with E-state index in [9.17, 15) is 4.79 Å². The normalized spacial score (nSPS) is 26.1. The number of para-hydroxylation sites is 2. The van der Waals surface area contributed by atoms with Crippen LogP contribution in [-0.4, -0.2) is 18.5 Å². The second-order valence-electron chi connectivity index (χ2n) is 6.45. The highest BCUT2D eigenvalue weighted by atomic mass is 16.2. The van der Waals surface area contributed by atoms with Gasteiger partial charge in [-0.25, -0.2) is 0 Å². The van der Waals surface area contributed by atoms with Crippen molar-refractivity contribution >= 4 is 17.3 Å². The summed E-state index contributed by atoms with van der Waals surface area (Å²) in [5.41, 5.74) is 2.20. The first kappa shape index (κ1) is 14.4. The van der Waals surface area contributed by atoms with Gasteiger partial charge in [-0.2, -0.15) is 0 Å². The number of benzene rings is 1. The van der Waals surface area contributed by atoms with Crippen molar-refractivity contribution in [2.75, 3.05) is 16.8 Å². The standard InChI is InChI=1S/C18H26N2O/c1-2-14-7-5-8-15(13-14)19-16-9-3-4-10-17(16)20-12-6-11-18(20)21/h3-4,9-10,14-15,19H,2,5-8,11-13H2,1H3. The average Bonchev–Trinajstić information content (AvgIpc) is 2.94. The maximum atomic E-state index is 12.0. The Morgan fingerprint density at radius 3 is 2.86 bits per heavy atom. The fourth-order valence-electron chi connectivity index (χ4n) is 3.75. The molecule has 2 aliphatic rings. The van der Waals surface area contributed by atoms with Gasteiger partial charge in [-0.05, 0) is 37.3 Å². The maximum absolute atomic E-state index is 12.0. The van der Waals surface area contributed by atoms with Crippen LogP contribution in [0.4, 0.5) is 11.4 Å². The van der Waals surface area contributed by atoms with Gasteiger partial charge in [0.2, 0.25) is 5.91 Å². The Labute approximate surface area is 127 Å². The topological polar surface area (TPSA) is 32.3 Å². The van der Waals surface area contributed by atoms with Gasteiger partial charge in [-0.3, -0.25) is 4.79 Å². The van der Waals surface area contributed by atoms with Gasteiger partial charge in [0.25, 0.3) is 0 Å². The van der Waals surface area contributed by atoms with Crippen molar-refractivity contribution in [2.24, 2.45) is 5.92 Å². The highest BCUT2D eigenvalue weighted by molar-refractivity contribution is 5.98. The van der Waals surface area contributed by atoms with Gasteiger partial charge >= 0.3 is 0 Å². The first-order valence-electron chi connectivity index (χ1n) is 8.44. The zero-order chi connectivity index (χ0) is 14.7. The molecule has 1 amide bonds. The summed E-state index contributed by atoms with van der Waals surface area (Å²) in [7, 11) is 0. The van der Waals surface area contributed by atoms with Gasteiger partial charge in [-0.15, -0.1) is 0 Å². The number of hydrogen-bond acceptors (Lipinski definition) is 2. The van der Waals surface area contributed by atoms with E-state index in [1.54, 1.807) is 0 Å². The second-order valence-corrected chi connectivity index (χ2v) is 6.45. The van der Waals surface area contributed by atoms with E-state index in [4.69, 9.17) is 0 Å². The van der Waals surface area contributed by atoms with Gasteiger partial charge < -0.3 is 10.2 Å². The first-order valence-corrected chi connectivity index (χ1v) is 8.44. The molecular weight excluding hydrogens is 260 g/mol. The van der Waals surface area contributed by atoms with E-state index < -0.39 is 0 Å². The van der Waals surface area contributed by atoms with Crippen molar-refractivity contribution in [3.63, 3.8) is 0 Å². The largest absolute Gasteiger partial charge is 0.381 e. The van der Waals surface area contributed by atoms with E-state index in [0.29, 0.717) is 12.5 Å². The van der Waals surface area contributed by atoms with Crippen LogP contribution in [-0.2, 0) is 4.79 Å². The highest BCUT2D eigenvalue weighted by Gasteiger charge is 2.25. The molecule has 1 saturated carbocycles. The van der Waals surface area contributed by atoms with Crippen LogP contribution in [0.2, 0.25) is 0 Å². The van der Waals surface area contributed by atoms with Crippen LogP contribution in [0, 0.1) is 5.92 Å². The fourth-order valence-corrected chi connectivity index (χ4v) is 3.75. The molecule has 0 bridgehead atoms. The second kappa shape index (κ2) is 6.50. The smallest absolute Gasteiger partial charge is 0.227 e. The molecular formula is C18H26N2O. The summed E-state index contributed by atoms with van der Waals surface area (Å²) in [5, 5.41) is 3.72. The monoisotopic (exact) mass is 286 g/mol. The minimum absolute atomic E-state index is 0.263. The molecule has 3 nitrogen and oxygen atoms in total. The molecule has 1 saturated heterocycles. The third kappa shape index (κ3) is 3.22. The van der Waals surface area contributed by atoms with Gasteiger partial charge in [0.15, 0.2) is 0 Å². The molecule has 0 spiro atoms. The van der Waals surface area contributed by atoms with Crippen LogP contribution in [0.15, 0.2) is 24.3 Å². The minimum Gasteiger partial charge on any atom is -0.381 e. The summed E-state index contributed by atoms with van der Waals surface area (Å²) < 4.78 is 0. The predicted octanol–water partition coefficient (Wildman–Crippen LogP) is 4.19. The molecule has 3 heteroatoms. The van der Waals surface area contributed by atoms with Gasteiger partial charge in [0.1, 0.15) is 0 Å². The number of nitrogens with zero attached hydrogens (tertiary/aromatic N) is 1. The molecule has 1 N–H and O–H groups in total. The zero-order valence-electron chi connectivity index (χ0n) is 13.0. The number of hydrogen-bond donors (Lipinski definition) is 1. The number of amides is 1. The number of carbonyl (C=O) groups is 1. The highest BCUT2D eigenvalue weighted by Crippen LogP contribution is 2.33. The van der Waals surface area contributed by atoms with Gasteiger partial charge in [0.05, 0.1) is 11.4 Å². The lowest BCUT2D eigenvalue weighted by Crippen LogP contribution is -2.29. The number of rotatable bonds is 4. The van der Waals surface area contributed by atoms with Crippen LogP contribution >= 0.6 is 0 Å². The predicted molar refractivity (Wildman–Crippen MR) is 87.7 cm³/mol. The summed E-state index contributed by atoms with van der Waals surface area (Å²) in [5.74, 6) is 1.12. The quantitative estimate of drug-likeness (QED) is 0.900. The zero-order valence-corrected chi connectivity index (χ0v) is 13.0. The first-order chi connectivity index (χ1) is 10.3. The summed E-state index contributed by atoms with van der Waals surface area (Å²) in [6.45, 7) is 3.16. The Morgan fingerprint density at radius 1 is 1.24 bits per heavy atom. The van der Waals surface area contributed by atoms with Crippen molar-refractivity contribution < 1.29 is 4.79 Å². The van der Waals surface area contributed by atoms with Crippen molar-refractivity contribution in [2.45, 2.75) is 57.9 Å². The summed E-state index contributed by atoms with van der Waals surface area (Å²) in [6, 6.07) is 8.85. The molecule has 1 aliphatic heterocycles. The van der Waals surface area contributed by atoms with Gasteiger partial charge in [-0.1, -0.05) is 38.3 Å². The SMILES string of the molecule is CCC1CCCC(Nc2ccccc2N2CCCC2=O)C1. The summed E-state index contributed by atoms with van der Waals surface area (Å²) in [6.07, 6.45) is 8.16. The molecule has 1 heterocycles. The van der Waals surface area contributed by atoms with Crippen molar-refractivity contribution in [3.8, 4) is 0 Å². The van der Waals surface area contributed by atoms with Crippen LogP contribution in [0.25, 0.3) is 0 Å². The Kier molecular flexibility index (Phi) is 4.47. The molecule has 1 aromatic rings. The lowest BCUT2D eigenvalue weighted by atomic mass is 9.84. The number of carbonyl (C=O) groups excluding carboxylic acids is 1. The van der Waals surface area contributed by atoms with Gasteiger partial charge in [0, 0.05) is 19.0 Å². The van der Waals surface area contributed by atoms with Crippen LogP contribution < -0.4 is 10.2 Å². The number of anilines is 2. The Hall–Kier alpha value is -1.51. The molecule has 1 aliphatic carbocycles. The third-order valence-electron chi connectivity index (χ3n) is 4.99. The van der Waals surface area contributed by atoms with Crippen molar-refractivity contribution in [3.05, 3.63) is 24.3 Å². The Bertz CT molecular complexity index is 500. The minimum atomic E-state index is 0.263. The van der Waals surface area contributed by atoms with E-state index in [2.05, 4.69) is 30.4 Å². The average molecular weight is 286 g/mol. The van der Waals surface area contributed by atoms with Crippen LogP contribution in [0.5, 0.6) is 0 Å². The summed E-state index contributed by atoms with van der Waals surface area (Å²) >= 11 is 0. The van der Waals surface area contributed by atoms with E-state index in [0.717, 1.165) is 30.3 Å². The lowest BCUT2D eigenvalue weighted by Gasteiger charge is -2.31. The van der Waals surface area contributed by atoms with E-state index in [1.807, 2.05) is 11.0 Å². The molecule has 0 aromatic heterocycles. The molecule has 2 unspecified atom stereocenters. The summed E-state index contributed by atoms with van der Waals surface area (Å²) in [4.78, 5) is 14.0. The van der Waals surface area contributed by atoms with E-state index in [-0.39, 0.29) is 5.91 Å². The third-order valence-corrected chi connectivity index (χ3v) is 4.99. The Balaban J connectivity index is 1.74. The Morgan fingerprint density at radius 2 is 2.10 bits per heavy atom. The molecule has 2 atom stereocenters. The van der Waals surface area contributed by atoms with Crippen molar-refractivity contribution in [1.29, 1.82) is 0 Å². The molecule has 2 fully saturated rings. The lowest BCUT2D eigenvalue weighted by molar-refractivity contribution is -0.117. The number of nitrogens with one attached hydrogen (secondary N) is 1. The molecule has 21 heavy (non-hydrogen) atoms.